The van der Waals surface area contributed by atoms with Crippen molar-refractivity contribution in [3.63, 3.8) is 0 Å². The van der Waals surface area contributed by atoms with Gasteiger partial charge in [0.1, 0.15) is 5.56 Å². The van der Waals surface area contributed by atoms with Crippen molar-refractivity contribution in [2.24, 2.45) is 11.3 Å². The van der Waals surface area contributed by atoms with E-state index in [9.17, 15) is 22.8 Å². The number of aromatic nitrogens is 2. The summed E-state index contributed by atoms with van der Waals surface area (Å²) in [5.41, 5.74) is -2.68. The fourth-order valence-electron chi connectivity index (χ4n) is 4.63. The Balaban J connectivity index is 1.90. The summed E-state index contributed by atoms with van der Waals surface area (Å²) in [5.74, 6) is -1.98. The van der Waals surface area contributed by atoms with E-state index in [1.54, 1.807) is 6.92 Å². The van der Waals surface area contributed by atoms with E-state index in [1.807, 2.05) is 0 Å². The van der Waals surface area contributed by atoms with Crippen molar-refractivity contribution < 1.29 is 32.6 Å². The molecule has 144 valence electrons. The Labute approximate surface area is 148 Å². The van der Waals surface area contributed by atoms with Crippen LogP contribution >= 0.6 is 0 Å². The Kier molecular flexibility index (Phi) is 4.74. The number of hydrogen-bond acceptors (Lipinski definition) is 4. The number of halogens is 3. The minimum atomic E-state index is -4.81. The molecule has 0 aliphatic heterocycles. The molecule has 2 saturated carbocycles. The van der Waals surface area contributed by atoms with Crippen LogP contribution in [-0.4, -0.2) is 33.4 Å². The van der Waals surface area contributed by atoms with Gasteiger partial charge in [-0.15, -0.1) is 0 Å². The highest BCUT2D eigenvalue weighted by Crippen LogP contribution is 2.55. The number of carboxylic acids is 1. The van der Waals surface area contributed by atoms with Gasteiger partial charge >= 0.3 is 18.1 Å². The number of rotatable bonds is 4. The first-order valence-corrected chi connectivity index (χ1v) is 8.76. The molecule has 2 aliphatic rings. The SMILES string of the molecule is CCOC(=O)[C@]12CCC[C@H]1C[C@@H](n1ncc(C(=O)O)c1C(F)(F)F)CC2. The lowest BCUT2D eigenvalue weighted by Gasteiger charge is -2.41. The first kappa shape index (κ1) is 18.7. The van der Waals surface area contributed by atoms with Gasteiger partial charge in [0.25, 0.3) is 0 Å². The number of fused-ring (bicyclic) bond motifs is 1. The summed E-state index contributed by atoms with van der Waals surface area (Å²) in [7, 11) is 0. The molecule has 0 unspecified atom stereocenters. The van der Waals surface area contributed by atoms with Gasteiger partial charge in [-0.1, -0.05) is 6.42 Å². The minimum Gasteiger partial charge on any atom is -0.478 e. The number of alkyl halides is 3. The summed E-state index contributed by atoms with van der Waals surface area (Å²) in [4.78, 5) is 23.6. The number of carbonyl (C=O) groups is 2. The normalized spacial score (nSPS) is 28.6. The van der Waals surface area contributed by atoms with Gasteiger partial charge in [0.2, 0.25) is 0 Å². The van der Waals surface area contributed by atoms with Crippen LogP contribution < -0.4 is 0 Å². The van der Waals surface area contributed by atoms with Crippen LogP contribution in [0, 0.1) is 11.3 Å². The van der Waals surface area contributed by atoms with E-state index in [0.717, 1.165) is 23.7 Å². The number of aromatic carboxylic acids is 1. The Bertz CT molecular complexity index is 715. The molecular formula is C17H21F3N2O4. The molecule has 1 N–H and O–H groups in total. The second-order valence-electron chi connectivity index (χ2n) is 7.05. The monoisotopic (exact) mass is 374 g/mol. The first-order valence-electron chi connectivity index (χ1n) is 8.76. The maximum absolute atomic E-state index is 13.4. The molecule has 1 aromatic heterocycles. The molecule has 0 aromatic carbocycles. The number of esters is 1. The summed E-state index contributed by atoms with van der Waals surface area (Å²) in [6, 6.07) is -0.578. The van der Waals surface area contributed by atoms with Crippen molar-refractivity contribution >= 4 is 11.9 Å². The minimum absolute atomic E-state index is 0.0705. The molecule has 0 saturated heterocycles. The van der Waals surface area contributed by atoms with Crippen molar-refractivity contribution in [2.45, 2.75) is 57.7 Å². The fraction of sp³-hybridized carbons (Fsp3) is 0.706. The smallest absolute Gasteiger partial charge is 0.433 e. The van der Waals surface area contributed by atoms with Gasteiger partial charge in [-0.2, -0.15) is 18.3 Å². The van der Waals surface area contributed by atoms with Crippen LogP contribution in [0.2, 0.25) is 0 Å². The first-order chi connectivity index (χ1) is 12.2. The zero-order valence-electron chi connectivity index (χ0n) is 14.4. The van der Waals surface area contributed by atoms with Crippen LogP contribution in [-0.2, 0) is 15.7 Å². The maximum atomic E-state index is 13.4. The van der Waals surface area contributed by atoms with Crippen molar-refractivity contribution in [3.05, 3.63) is 17.5 Å². The number of ether oxygens (including phenoxy) is 1. The van der Waals surface area contributed by atoms with E-state index in [-0.39, 0.29) is 18.5 Å². The lowest BCUT2D eigenvalue weighted by atomic mass is 9.66. The highest BCUT2D eigenvalue weighted by atomic mass is 19.4. The van der Waals surface area contributed by atoms with Crippen molar-refractivity contribution in [3.8, 4) is 0 Å². The molecule has 3 rings (SSSR count). The van der Waals surface area contributed by atoms with E-state index in [0.29, 0.717) is 25.7 Å². The fourth-order valence-corrected chi connectivity index (χ4v) is 4.63. The zero-order valence-corrected chi connectivity index (χ0v) is 14.4. The van der Waals surface area contributed by atoms with Crippen LogP contribution in [0.3, 0.4) is 0 Å². The third-order valence-electron chi connectivity index (χ3n) is 5.76. The van der Waals surface area contributed by atoms with Gasteiger partial charge in [0.05, 0.1) is 24.3 Å². The third kappa shape index (κ3) is 2.97. The van der Waals surface area contributed by atoms with E-state index in [1.165, 1.54) is 0 Å². The van der Waals surface area contributed by atoms with E-state index < -0.39 is 34.9 Å². The molecule has 3 atom stereocenters. The standard InChI is InChI=1S/C17H21F3N2O4/c1-2-26-15(25)16-6-3-4-10(16)8-11(5-7-16)22-13(17(18,19)20)12(9-21-22)14(23)24/h9-11H,2-8H2,1H3,(H,23,24)/t10-,11-,16-/m0/s1. The lowest BCUT2D eigenvalue weighted by Crippen LogP contribution is -2.42. The molecule has 2 fully saturated rings. The Morgan fingerprint density at radius 3 is 2.73 bits per heavy atom. The summed E-state index contributed by atoms with van der Waals surface area (Å²) in [5, 5.41) is 12.8. The molecule has 9 heteroatoms. The van der Waals surface area contributed by atoms with Gasteiger partial charge in [-0.3, -0.25) is 9.48 Å². The van der Waals surface area contributed by atoms with Crippen LogP contribution in [0.5, 0.6) is 0 Å². The average Bonchev–Trinajstić information content (AvgIpc) is 3.18. The second-order valence-corrected chi connectivity index (χ2v) is 7.05. The molecule has 1 aromatic rings. The van der Waals surface area contributed by atoms with Crippen molar-refractivity contribution in [1.29, 1.82) is 0 Å². The molecule has 0 radical (unpaired) electrons. The summed E-state index contributed by atoms with van der Waals surface area (Å²) >= 11 is 0. The summed E-state index contributed by atoms with van der Waals surface area (Å²) in [6.45, 7) is 2.01. The summed E-state index contributed by atoms with van der Waals surface area (Å²) < 4.78 is 46.3. The van der Waals surface area contributed by atoms with Gasteiger partial charge in [-0.25, -0.2) is 4.79 Å². The van der Waals surface area contributed by atoms with Gasteiger partial charge in [0, 0.05) is 0 Å². The van der Waals surface area contributed by atoms with Gasteiger partial charge < -0.3 is 9.84 Å². The molecule has 0 spiro atoms. The predicted molar refractivity (Wildman–Crippen MR) is 83.5 cm³/mol. The Morgan fingerprint density at radius 2 is 2.12 bits per heavy atom. The molecule has 0 bridgehead atoms. The number of hydrogen-bond donors (Lipinski definition) is 1. The summed E-state index contributed by atoms with van der Waals surface area (Å²) in [6.07, 6.45) is -0.647. The topological polar surface area (TPSA) is 81.4 Å². The maximum Gasteiger partial charge on any atom is 0.433 e. The van der Waals surface area contributed by atoms with E-state index in [4.69, 9.17) is 9.84 Å². The predicted octanol–water partition coefficient (Wildman–Crippen LogP) is 3.67. The molecule has 26 heavy (non-hydrogen) atoms. The molecule has 0 amide bonds. The zero-order chi connectivity index (χ0) is 19.1. The third-order valence-corrected chi connectivity index (χ3v) is 5.76. The largest absolute Gasteiger partial charge is 0.478 e. The highest BCUT2D eigenvalue weighted by Gasteiger charge is 2.54. The number of carboxylic acid groups (broad SMARTS) is 1. The van der Waals surface area contributed by atoms with E-state index >= 15 is 0 Å². The second kappa shape index (κ2) is 6.59. The van der Waals surface area contributed by atoms with Crippen LogP contribution in [0.4, 0.5) is 13.2 Å². The lowest BCUT2D eigenvalue weighted by molar-refractivity contribution is -0.162. The van der Waals surface area contributed by atoms with Crippen LogP contribution in [0.15, 0.2) is 6.20 Å². The van der Waals surface area contributed by atoms with Gasteiger partial charge in [-0.05, 0) is 44.9 Å². The molecular weight excluding hydrogens is 353 g/mol. The van der Waals surface area contributed by atoms with Crippen molar-refractivity contribution in [1.82, 2.24) is 9.78 Å². The highest BCUT2D eigenvalue weighted by molar-refractivity contribution is 5.88. The number of carbonyl (C=O) groups excluding carboxylic acids is 1. The quantitative estimate of drug-likeness (QED) is 0.813. The van der Waals surface area contributed by atoms with Crippen LogP contribution in [0.1, 0.15) is 67.5 Å². The Morgan fingerprint density at radius 1 is 1.38 bits per heavy atom. The molecule has 1 heterocycles. The molecule has 6 nitrogen and oxygen atoms in total. The molecule has 2 aliphatic carbocycles. The average molecular weight is 374 g/mol. The number of nitrogens with zero attached hydrogens (tertiary/aromatic N) is 2. The Hall–Kier alpha value is -2.06. The van der Waals surface area contributed by atoms with E-state index in [2.05, 4.69) is 5.10 Å². The van der Waals surface area contributed by atoms with Crippen molar-refractivity contribution in [2.75, 3.05) is 6.61 Å². The van der Waals surface area contributed by atoms with Crippen LogP contribution in [0.25, 0.3) is 0 Å². The van der Waals surface area contributed by atoms with Gasteiger partial charge in [0.15, 0.2) is 5.69 Å².